The number of rotatable bonds is 4. The van der Waals surface area contributed by atoms with Crippen molar-refractivity contribution < 1.29 is 4.74 Å². The maximum Gasteiger partial charge on any atom is 0.205 e. The molecule has 1 aliphatic rings. The molecule has 0 aliphatic carbocycles. The first-order valence-electron chi connectivity index (χ1n) is 10.8. The van der Waals surface area contributed by atoms with Crippen LogP contribution in [0.4, 0.5) is 0 Å². The van der Waals surface area contributed by atoms with E-state index in [0.29, 0.717) is 16.7 Å². The maximum absolute atomic E-state index is 9.75. The lowest BCUT2D eigenvalue weighted by molar-refractivity contribution is 0.283. The lowest BCUT2D eigenvalue weighted by Gasteiger charge is -2.30. The number of hydrogen-bond acceptors (Lipinski definition) is 5. The van der Waals surface area contributed by atoms with Crippen molar-refractivity contribution in [2.75, 3.05) is 7.05 Å². The number of ether oxygens (including phenoxy) is 1. The summed E-state index contributed by atoms with van der Waals surface area (Å²) >= 11 is 0. The smallest absolute Gasteiger partial charge is 0.205 e. The average Bonchev–Trinajstić information content (AvgIpc) is 3.23. The van der Waals surface area contributed by atoms with Crippen LogP contribution in [0.15, 0.2) is 70.8 Å². The molecular weight excluding hydrogens is 398 g/mol. The molecule has 6 heteroatoms. The summed E-state index contributed by atoms with van der Waals surface area (Å²) in [5.41, 5.74) is 10.7. The van der Waals surface area contributed by atoms with Crippen molar-refractivity contribution in [3.63, 3.8) is 0 Å². The Morgan fingerprint density at radius 3 is 2.25 bits per heavy atom. The summed E-state index contributed by atoms with van der Waals surface area (Å²) in [6.45, 7) is 14.8. The van der Waals surface area contributed by atoms with E-state index in [0.717, 1.165) is 22.5 Å². The first kappa shape index (κ1) is 24.9. The van der Waals surface area contributed by atoms with Crippen molar-refractivity contribution in [1.82, 2.24) is 9.55 Å². The van der Waals surface area contributed by atoms with Gasteiger partial charge in [-0.1, -0.05) is 53.7 Å². The fourth-order valence-electron chi connectivity index (χ4n) is 3.49. The van der Waals surface area contributed by atoms with Gasteiger partial charge in [0.25, 0.3) is 0 Å². The molecule has 0 bridgehead atoms. The molecule has 0 spiro atoms. The fraction of sp³-hybridized carbons (Fsp3) is 0.423. The monoisotopic (exact) mass is 433 g/mol. The Balaban J connectivity index is 0.000000654. The topological polar surface area (TPSA) is 89.2 Å². The van der Waals surface area contributed by atoms with Gasteiger partial charge < -0.3 is 15.0 Å². The average molecular weight is 434 g/mol. The molecule has 2 N–H and O–H groups in total. The van der Waals surface area contributed by atoms with Crippen molar-refractivity contribution in [3.8, 4) is 11.8 Å². The first-order valence-corrected chi connectivity index (χ1v) is 10.8. The van der Waals surface area contributed by atoms with Crippen molar-refractivity contribution in [1.29, 1.82) is 5.26 Å². The highest BCUT2D eigenvalue weighted by molar-refractivity contribution is 6.04. The number of nitrogens with zero attached hydrogens (tertiary/aromatic N) is 4. The Morgan fingerprint density at radius 1 is 1.22 bits per heavy atom. The van der Waals surface area contributed by atoms with E-state index < -0.39 is 0 Å². The molecule has 2 heterocycles. The Morgan fingerprint density at radius 2 is 1.81 bits per heavy atom. The van der Waals surface area contributed by atoms with E-state index in [4.69, 9.17) is 10.5 Å². The predicted molar refractivity (Wildman–Crippen MR) is 130 cm³/mol. The molecule has 1 aliphatic heterocycles. The minimum absolute atomic E-state index is 0.154. The minimum Gasteiger partial charge on any atom is -0.445 e. The lowest BCUT2D eigenvalue weighted by atomic mass is 9.78. The van der Waals surface area contributed by atoms with Crippen LogP contribution in [-0.2, 0) is 4.74 Å². The van der Waals surface area contributed by atoms with Crippen molar-refractivity contribution in [2.24, 2.45) is 22.1 Å². The maximum atomic E-state index is 9.75. The number of nitriles is 1. The first-order chi connectivity index (χ1) is 15.0. The summed E-state index contributed by atoms with van der Waals surface area (Å²) in [5.74, 6) is 0.725. The Kier molecular flexibility index (Phi) is 8.04. The van der Waals surface area contributed by atoms with E-state index in [2.05, 4.69) is 57.6 Å². The molecule has 3 rings (SSSR count). The third kappa shape index (κ3) is 6.10. The Hall–Kier alpha value is -3.33. The van der Waals surface area contributed by atoms with Crippen molar-refractivity contribution in [2.45, 2.75) is 54.4 Å². The summed E-state index contributed by atoms with van der Waals surface area (Å²) in [6, 6.07) is 10.3. The minimum atomic E-state index is -0.304. The summed E-state index contributed by atoms with van der Waals surface area (Å²) < 4.78 is 7.62. The molecule has 1 aromatic carbocycles. The molecule has 170 valence electrons. The zero-order chi connectivity index (χ0) is 24.1. The SMILES string of the molecule is CC(C)(C)C.CN=C(C1=C(C)OC(N)=C(C#N)C1c1ccc(-n2ccnc2)cc1)C(C)C. The van der Waals surface area contributed by atoms with Crippen LogP contribution < -0.4 is 5.73 Å². The second-order valence-corrected chi connectivity index (χ2v) is 9.72. The number of aliphatic imine (C=N–C) groups is 1. The fourth-order valence-corrected chi connectivity index (χ4v) is 3.49. The molecule has 0 amide bonds. The number of aromatic nitrogens is 2. The number of benzene rings is 1. The van der Waals surface area contributed by atoms with Gasteiger partial charge in [0, 0.05) is 36.4 Å². The van der Waals surface area contributed by atoms with Crippen LogP contribution in [-0.4, -0.2) is 22.3 Å². The van der Waals surface area contributed by atoms with Crippen LogP contribution in [0.3, 0.4) is 0 Å². The highest BCUT2D eigenvalue weighted by Gasteiger charge is 2.34. The molecule has 1 unspecified atom stereocenters. The highest BCUT2D eigenvalue weighted by atomic mass is 16.5. The standard InChI is InChI=1S/C21H23N5O.C5H12/c1-13(2)20(24-4)18-14(3)27-21(23)17(11-22)19(18)15-5-7-16(8-6-15)26-10-9-25-12-26;1-5(2,3)4/h5-10,12-13,19H,23H2,1-4H3;1-4H3. The van der Waals surface area contributed by atoms with Gasteiger partial charge in [-0.2, -0.15) is 5.26 Å². The number of nitrogens with two attached hydrogens (primary N) is 1. The largest absolute Gasteiger partial charge is 0.445 e. The molecule has 1 aromatic heterocycles. The van der Waals surface area contributed by atoms with Crippen LogP contribution in [0.5, 0.6) is 0 Å². The second-order valence-electron chi connectivity index (χ2n) is 9.72. The quantitative estimate of drug-likeness (QED) is 0.623. The van der Waals surface area contributed by atoms with Crippen molar-refractivity contribution >= 4 is 5.71 Å². The van der Waals surface area contributed by atoms with Gasteiger partial charge in [0.15, 0.2) is 0 Å². The zero-order valence-electron chi connectivity index (χ0n) is 20.5. The number of imidazole rings is 1. The Bertz CT molecular complexity index is 1040. The van der Waals surface area contributed by atoms with Crippen LogP contribution >= 0.6 is 0 Å². The molecule has 6 nitrogen and oxygen atoms in total. The molecular formula is C26H35N5O. The van der Waals surface area contributed by atoms with Gasteiger partial charge in [-0.3, -0.25) is 4.99 Å². The van der Waals surface area contributed by atoms with E-state index in [1.807, 2.05) is 42.0 Å². The molecule has 0 fully saturated rings. The van der Waals surface area contributed by atoms with E-state index >= 15 is 0 Å². The normalized spacial score (nSPS) is 17.0. The van der Waals surface area contributed by atoms with Gasteiger partial charge in [-0.15, -0.1) is 0 Å². The molecule has 0 saturated heterocycles. The summed E-state index contributed by atoms with van der Waals surface area (Å²) in [5, 5.41) is 9.75. The van der Waals surface area contributed by atoms with Gasteiger partial charge in [0.2, 0.25) is 5.88 Å². The molecule has 32 heavy (non-hydrogen) atoms. The summed E-state index contributed by atoms with van der Waals surface area (Å²) in [7, 11) is 1.77. The van der Waals surface area contributed by atoms with E-state index in [9.17, 15) is 5.26 Å². The zero-order valence-corrected chi connectivity index (χ0v) is 20.5. The molecule has 0 radical (unpaired) electrons. The molecule has 2 aromatic rings. The predicted octanol–water partition coefficient (Wildman–Crippen LogP) is 5.73. The highest BCUT2D eigenvalue weighted by Crippen LogP contribution is 2.40. The number of allylic oxidation sites excluding steroid dienone is 3. The van der Waals surface area contributed by atoms with Gasteiger partial charge >= 0.3 is 0 Å². The summed E-state index contributed by atoms with van der Waals surface area (Å²) in [6.07, 6.45) is 5.37. The van der Waals surface area contributed by atoms with Gasteiger partial charge in [0.05, 0.1) is 12.2 Å². The van der Waals surface area contributed by atoms with Gasteiger partial charge in [-0.05, 0) is 36.0 Å². The molecule has 1 atom stereocenters. The molecule has 0 saturated carbocycles. The Labute approximate surface area is 192 Å². The van der Waals surface area contributed by atoms with Gasteiger partial charge in [0.1, 0.15) is 17.4 Å². The van der Waals surface area contributed by atoms with Crippen LogP contribution in [0.25, 0.3) is 5.69 Å². The van der Waals surface area contributed by atoms with E-state index in [1.165, 1.54) is 0 Å². The third-order valence-electron chi connectivity index (χ3n) is 4.70. The van der Waals surface area contributed by atoms with Crippen molar-refractivity contribution in [3.05, 3.63) is 71.3 Å². The number of hydrogen-bond donors (Lipinski definition) is 1. The van der Waals surface area contributed by atoms with Crippen LogP contribution in [0.2, 0.25) is 0 Å². The van der Waals surface area contributed by atoms with Crippen LogP contribution in [0, 0.1) is 22.7 Å². The van der Waals surface area contributed by atoms with Crippen LogP contribution in [0.1, 0.15) is 59.9 Å². The second kappa shape index (κ2) is 10.3. The third-order valence-corrected chi connectivity index (χ3v) is 4.70. The van der Waals surface area contributed by atoms with Gasteiger partial charge in [-0.25, -0.2) is 4.98 Å². The summed E-state index contributed by atoms with van der Waals surface area (Å²) in [4.78, 5) is 8.56. The lowest BCUT2D eigenvalue weighted by Crippen LogP contribution is -2.26. The van der Waals surface area contributed by atoms with E-state index in [-0.39, 0.29) is 17.7 Å². The van der Waals surface area contributed by atoms with E-state index in [1.54, 1.807) is 19.6 Å².